The molecule has 6 aliphatic rings. The number of hydrogen-bond donors (Lipinski definition) is 0. The minimum absolute atomic E-state index is 0.0762. The zero-order chi connectivity index (χ0) is 34.5. The van der Waals surface area contributed by atoms with Gasteiger partial charge in [0.1, 0.15) is 17.7 Å². The fourth-order valence-electron chi connectivity index (χ4n) is 9.55. The summed E-state index contributed by atoms with van der Waals surface area (Å²) in [5.74, 6) is 2.30. The van der Waals surface area contributed by atoms with Gasteiger partial charge in [-0.25, -0.2) is 9.78 Å². The number of rotatable bonds is 9. The van der Waals surface area contributed by atoms with E-state index in [-0.39, 0.29) is 34.9 Å². The van der Waals surface area contributed by atoms with Crippen LogP contribution in [0.25, 0.3) is 11.1 Å². The predicted molar refractivity (Wildman–Crippen MR) is 193 cm³/mol. The molecule has 9 nitrogen and oxygen atoms in total. The number of carbonyl (C=O) groups is 2. The minimum Gasteiger partial charge on any atom is -0.496 e. The Balaban J connectivity index is 1.01. The number of carbonyl (C=O) groups excluding carboxylic acids is 2. The third kappa shape index (κ3) is 6.30. The lowest BCUT2D eigenvalue weighted by molar-refractivity contribution is -0.124. The largest absolute Gasteiger partial charge is 0.496 e. The van der Waals surface area contributed by atoms with E-state index in [1.54, 1.807) is 12.0 Å². The fraction of sp³-hybridized carbons (Fsp3) is 0.610. The zero-order valence-electron chi connectivity index (χ0n) is 30.1. The first-order valence-corrected chi connectivity index (χ1v) is 19.2. The monoisotopic (exact) mass is 679 g/mol. The van der Waals surface area contributed by atoms with Crippen molar-refractivity contribution >= 4 is 17.8 Å². The van der Waals surface area contributed by atoms with Crippen LogP contribution >= 0.6 is 0 Å². The highest BCUT2D eigenvalue weighted by atomic mass is 16.6. The van der Waals surface area contributed by atoms with Crippen molar-refractivity contribution in [1.82, 2.24) is 19.7 Å². The summed E-state index contributed by atoms with van der Waals surface area (Å²) in [7, 11) is 1.74. The highest BCUT2D eigenvalue weighted by Crippen LogP contribution is 2.58. The summed E-state index contributed by atoms with van der Waals surface area (Å²) in [6.45, 7) is 6.54. The molecule has 0 spiro atoms. The molecule has 0 radical (unpaired) electrons. The molecular weight excluding hydrogens is 626 g/mol. The molecule has 266 valence electrons. The molecule has 2 bridgehead atoms. The summed E-state index contributed by atoms with van der Waals surface area (Å²) < 4.78 is 13.5. The molecule has 0 N–H and O–H groups in total. The Morgan fingerprint density at radius 3 is 2.32 bits per heavy atom. The van der Waals surface area contributed by atoms with Gasteiger partial charge in [-0.3, -0.25) is 14.4 Å². The van der Waals surface area contributed by atoms with Gasteiger partial charge < -0.3 is 14.4 Å². The van der Waals surface area contributed by atoms with E-state index in [1.165, 1.54) is 30.4 Å². The molecule has 9 heteroatoms. The first-order valence-electron chi connectivity index (χ1n) is 19.2. The third-order valence-electron chi connectivity index (χ3n) is 13.2. The van der Waals surface area contributed by atoms with Crippen LogP contribution in [0.3, 0.4) is 0 Å². The number of aromatic nitrogens is 3. The lowest BCUT2D eigenvalue weighted by Gasteiger charge is -2.55. The highest BCUT2D eigenvalue weighted by molar-refractivity contribution is 5.95. The van der Waals surface area contributed by atoms with Crippen molar-refractivity contribution in [3.63, 3.8) is 0 Å². The Hall–Kier alpha value is -3.88. The number of benzene rings is 1. The quantitative estimate of drug-likeness (QED) is 0.226. The van der Waals surface area contributed by atoms with Crippen LogP contribution in [-0.4, -0.2) is 64.5 Å². The lowest BCUT2D eigenvalue weighted by atomic mass is 9.51. The summed E-state index contributed by atoms with van der Waals surface area (Å²) in [6, 6.07) is 11.4. The maximum atomic E-state index is 14.7. The fourth-order valence-corrected chi connectivity index (χ4v) is 9.55. The van der Waals surface area contributed by atoms with Crippen LogP contribution in [0, 0.1) is 24.2 Å². The van der Waals surface area contributed by atoms with E-state index in [0.29, 0.717) is 18.5 Å². The van der Waals surface area contributed by atoms with E-state index in [1.807, 2.05) is 23.4 Å². The van der Waals surface area contributed by atoms with Crippen molar-refractivity contribution in [3.05, 3.63) is 60.0 Å². The van der Waals surface area contributed by atoms with Crippen molar-refractivity contribution in [2.75, 3.05) is 31.6 Å². The van der Waals surface area contributed by atoms with E-state index >= 15 is 0 Å². The predicted octanol–water partition coefficient (Wildman–Crippen LogP) is 8.26. The molecule has 9 rings (SSSR count). The molecule has 0 atom stereocenters. The average Bonchev–Trinajstić information content (AvgIpc) is 3.59. The van der Waals surface area contributed by atoms with Crippen LogP contribution in [0.2, 0.25) is 0 Å². The van der Waals surface area contributed by atoms with Gasteiger partial charge in [0.15, 0.2) is 0 Å². The average molecular weight is 680 g/mol. The Morgan fingerprint density at radius 2 is 1.68 bits per heavy atom. The molecule has 1 aliphatic heterocycles. The summed E-state index contributed by atoms with van der Waals surface area (Å²) in [5, 5.41) is 4.69. The van der Waals surface area contributed by atoms with Gasteiger partial charge in [0.25, 0.3) is 0 Å². The number of pyridine rings is 1. The summed E-state index contributed by atoms with van der Waals surface area (Å²) >= 11 is 0. The van der Waals surface area contributed by atoms with Crippen molar-refractivity contribution in [3.8, 4) is 16.9 Å². The molecule has 6 fully saturated rings. The molecule has 5 saturated carbocycles. The molecule has 5 aliphatic carbocycles. The molecule has 3 aromatic rings. The van der Waals surface area contributed by atoms with Gasteiger partial charge in [-0.05, 0) is 142 Å². The number of methoxy groups -OCH3 is 1. The minimum atomic E-state index is -0.198. The van der Waals surface area contributed by atoms with Crippen LogP contribution < -0.4 is 9.64 Å². The zero-order valence-corrected chi connectivity index (χ0v) is 30.1. The number of nitrogens with zero attached hydrogens (tertiary/aromatic N) is 5. The molecular formula is C41H53N5O4. The van der Waals surface area contributed by atoms with Gasteiger partial charge in [-0.1, -0.05) is 19.1 Å². The molecule has 50 heavy (non-hydrogen) atoms. The van der Waals surface area contributed by atoms with Gasteiger partial charge in [-0.2, -0.15) is 5.10 Å². The standard InChI is InChI=1S/C41H53N5O4/c1-28-24-44(25-28)39(48)50-35-10-7-30(8-11-35)38(47)45(37-22-31(13-20-42-37)32-23-43-46(26-32)34-5-4-6-34)27-40-14-17-41(18-15-40,19-16-40)33-9-12-36(49-3)29(2)21-33/h9,12-13,20-23,26,28,30,34-35H,4-8,10-11,14-19,24-25,27H2,1-3H3. The van der Waals surface area contributed by atoms with E-state index in [0.717, 1.165) is 100.0 Å². The number of amides is 2. The smallest absolute Gasteiger partial charge is 0.410 e. The molecule has 1 aromatic carbocycles. The number of likely N-dealkylation sites (tertiary alicyclic amines) is 1. The maximum Gasteiger partial charge on any atom is 0.410 e. The van der Waals surface area contributed by atoms with Crippen LogP contribution in [-0.2, 0) is 14.9 Å². The number of fused-ring (bicyclic) bond motifs is 3. The first kappa shape index (κ1) is 33.3. The van der Waals surface area contributed by atoms with Gasteiger partial charge in [0, 0.05) is 43.5 Å². The Morgan fingerprint density at radius 1 is 0.940 bits per heavy atom. The maximum absolute atomic E-state index is 14.7. The summed E-state index contributed by atoms with van der Waals surface area (Å²) in [5.41, 5.74) is 5.04. The van der Waals surface area contributed by atoms with Crippen LogP contribution in [0.1, 0.15) is 108 Å². The van der Waals surface area contributed by atoms with E-state index in [2.05, 4.69) is 54.1 Å². The number of hydrogen-bond acceptors (Lipinski definition) is 6. The van der Waals surface area contributed by atoms with Crippen LogP contribution in [0.4, 0.5) is 10.6 Å². The Labute approximate surface area is 296 Å². The Kier molecular flexibility index (Phi) is 8.88. The lowest BCUT2D eigenvalue weighted by Crippen LogP contribution is -2.52. The Bertz CT molecular complexity index is 1690. The van der Waals surface area contributed by atoms with E-state index in [4.69, 9.17) is 14.5 Å². The van der Waals surface area contributed by atoms with Crippen molar-refractivity contribution in [1.29, 1.82) is 0 Å². The molecule has 2 aromatic heterocycles. The van der Waals surface area contributed by atoms with Gasteiger partial charge in [0.05, 0.1) is 19.3 Å². The van der Waals surface area contributed by atoms with E-state index < -0.39 is 0 Å². The molecule has 1 saturated heterocycles. The summed E-state index contributed by atoms with van der Waals surface area (Å²) in [6.07, 6.45) is 18.9. The summed E-state index contributed by atoms with van der Waals surface area (Å²) in [4.78, 5) is 36.0. The second kappa shape index (κ2) is 13.3. The second-order valence-corrected chi connectivity index (χ2v) is 16.5. The molecule has 2 amide bonds. The number of anilines is 1. The molecule has 3 heterocycles. The second-order valence-electron chi connectivity index (χ2n) is 16.5. The SMILES string of the molecule is COc1ccc(C23CCC(CN(C(=O)C4CCC(OC(=O)N5CC(C)C5)CC4)c4cc(-c5cnn(C6CCC6)c5)ccn4)(CC2)CC3)cc1C. The highest BCUT2D eigenvalue weighted by Gasteiger charge is 2.51. The topological polar surface area (TPSA) is 89.8 Å². The van der Waals surface area contributed by atoms with Crippen LogP contribution in [0.15, 0.2) is 48.9 Å². The number of aryl methyl sites for hydroxylation is 1. The van der Waals surface area contributed by atoms with Crippen LogP contribution in [0.5, 0.6) is 5.75 Å². The third-order valence-corrected chi connectivity index (χ3v) is 13.2. The van der Waals surface area contributed by atoms with E-state index in [9.17, 15) is 9.59 Å². The van der Waals surface area contributed by atoms with Crippen molar-refractivity contribution in [2.24, 2.45) is 17.3 Å². The van der Waals surface area contributed by atoms with Crippen molar-refractivity contribution in [2.45, 2.75) is 115 Å². The van der Waals surface area contributed by atoms with Gasteiger partial charge >= 0.3 is 6.09 Å². The normalized spacial score (nSPS) is 28.1. The van der Waals surface area contributed by atoms with Gasteiger partial charge in [0.2, 0.25) is 5.91 Å². The first-order chi connectivity index (χ1) is 24.2. The van der Waals surface area contributed by atoms with Gasteiger partial charge in [-0.15, -0.1) is 0 Å². The number of ether oxygens (including phenoxy) is 2. The molecule has 0 unspecified atom stereocenters. The van der Waals surface area contributed by atoms with Crippen molar-refractivity contribution < 1.29 is 19.1 Å².